The van der Waals surface area contributed by atoms with Crippen LogP contribution in [0.5, 0.6) is 0 Å². The molecule has 6 nitrogen and oxygen atoms in total. The summed E-state index contributed by atoms with van der Waals surface area (Å²) in [4.78, 5) is 22.6. The van der Waals surface area contributed by atoms with E-state index in [4.69, 9.17) is 5.11 Å². The number of amides is 1. The fraction of sp³-hybridized carbons (Fsp3) is 0.389. The summed E-state index contributed by atoms with van der Waals surface area (Å²) >= 11 is 0. The molecule has 0 aliphatic rings. The summed E-state index contributed by atoms with van der Waals surface area (Å²) in [6, 6.07) is 7.05. The minimum absolute atomic E-state index is 0.142. The van der Waals surface area contributed by atoms with Crippen LogP contribution in [-0.2, 0) is 11.0 Å². The Labute approximate surface area is 154 Å². The predicted molar refractivity (Wildman–Crippen MR) is 91.6 cm³/mol. The first-order valence-electron chi connectivity index (χ1n) is 8.50. The zero-order valence-corrected chi connectivity index (χ0v) is 14.5. The fourth-order valence-corrected chi connectivity index (χ4v) is 2.47. The van der Waals surface area contributed by atoms with E-state index in [9.17, 15) is 22.8 Å². The molecule has 27 heavy (non-hydrogen) atoms. The molecule has 2 N–H and O–H groups in total. The number of unbranched alkanes of at least 4 members (excludes halogenated alkanes) is 3. The summed E-state index contributed by atoms with van der Waals surface area (Å²) in [5, 5.41) is 14.8. The van der Waals surface area contributed by atoms with Gasteiger partial charge in [0.1, 0.15) is 0 Å². The SMILES string of the molecule is O=C(O)CCCCCCNC(=O)c1cccc(-n2ccc(C(F)(F)F)n2)c1. The zero-order valence-electron chi connectivity index (χ0n) is 14.5. The summed E-state index contributed by atoms with van der Waals surface area (Å²) in [7, 11) is 0. The Kier molecular flexibility index (Phi) is 6.98. The average Bonchev–Trinajstić information content (AvgIpc) is 3.11. The van der Waals surface area contributed by atoms with Gasteiger partial charge in [-0.05, 0) is 37.1 Å². The molecule has 0 aliphatic heterocycles. The highest BCUT2D eigenvalue weighted by molar-refractivity contribution is 5.94. The van der Waals surface area contributed by atoms with Crippen LogP contribution in [0, 0.1) is 0 Å². The van der Waals surface area contributed by atoms with E-state index in [1.165, 1.54) is 12.3 Å². The van der Waals surface area contributed by atoms with Crippen molar-refractivity contribution in [2.24, 2.45) is 0 Å². The van der Waals surface area contributed by atoms with Gasteiger partial charge in [-0.3, -0.25) is 9.59 Å². The quantitative estimate of drug-likeness (QED) is 0.648. The first-order chi connectivity index (χ1) is 12.8. The molecule has 0 saturated heterocycles. The molecule has 0 radical (unpaired) electrons. The molecule has 0 atom stereocenters. The Hall–Kier alpha value is -2.84. The van der Waals surface area contributed by atoms with E-state index in [-0.39, 0.29) is 12.3 Å². The molecule has 1 aromatic heterocycles. The number of aromatic nitrogens is 2. The average molecular weight is 383 g/mol. The number of carbonyl (C=O) groups is 2. The van der Waals surface area contributed by atoms with Gasteiger partial charge in [0.25, 0.3) is 5.91 Å². The highest BCUT2D eigenvalue weighted by atomic mass is 19.4. The summed E-state index contributed by atoms with van der Waals surface area (Å²) in [6.45, 7) is 0.441. The van der Waals surface area contributed by atoms with E-state index in [1.54, 1.807) is 18.2 Å². The lowest BCUT2D eigenvalue weighted by atomic mass is 10.1. The third-order valence-corrected chi connectivity index (χ3v) is 3.86. The Morgan fingerprint density at radius 1 is 1.11 bits per heavy atom. The van der Waals surface area contributed by atoms with Gasteiger partial charge in [-0.1, -0.05) is 18.9 Å². The molecule has 9 heteroatoms. The Balaban J connectivity index is 1.86. The Morgan fingerprint density at radius 2 is 1.85 bits per heavy atom. The third-order valence-electron chi connectivity index (χ3n) is 3.86. The van der Waals surface area contributed by atoms with Crippen molar-refractivity contribution >= 4 is 11.9 Å². The van der Waals surface area contributed by atoms with E-state index >= 15 is 0 Å². The van der Waals surface area contributed by atoms with Crippen LogP contribution in [0.2, 0.25) is 0 Å². The maximum atomic E-state index is 12.6. The van der Waals surface area contributed by atoms with Crippen molar-refractivity contribution in [3.63, 3.8) is 0 Å². The molecule has 1 heterocycles. The van der Waals surface area contributed by atoms with Gasteiger partial charge in [0, 0.05) is 24.7 Å². The molecule has 0 fully saturated rings. The lowest BCUT2D eigenvalue weighted by Crippen LogP contribution is -2.24. The van der Waals surface area contributed by atoms with Crippen molar-refractivity contribution in [3.8, 4) is 5.69 Å². The van der Waals surface area contributed by atoms with Crippen LogP contribution in [0.1, 0.15) is 48.2 Å². The zero-order chi connectivity index (χ0) is 19.9. The number of benzene rings is 1. The number of aliphatic carboxylic acids is 1. The highest BCUT2D eigenvalue weighted by Crippen LogP contribution is 2.27. The van der Waals surface area contributed by atoms with Gasteiger partial charge in [0.15, 0.2) is 5.69 Å². The van der Waals surface area contributed by atoms with Crippen molar-refractivity contribution in [1.82, 2.24) is 15.1 Å². The standard InChI is InChI=1S/C18H20F3N3O3/c19-18(20,21)15-9-11-24(23-15)14-7-5-6-13(12-14)17(27)22-10-4-2-1-3-8-16(25)26/h5-7,9,11-12H,1-4,8,10H2,(H,22,27)(H,25,26). The van der Waals surface area contributed by atoms with Crippen LogP contribution in [0.3, 0.4) is 0 Å². The van der Waals surface area contributed by atoms with Crippen LogP contribution >= 0.6 is 0 Å². The summed E-state index contributed by atoms with van der Waals surface area (Å²) < 4.78 is 39.0. The molecular formula is C18H20F3N3O3. The van der Waals surface area contributed by atoms with Gasteiger partial charge < -0.3 is 10.4 Å². The van der Waals surface area contributed by atoms with Crippen LogP contribution in [0.4, 0.5) is 13.2 Å². The first kappa shape index (κ1) is 20.5. The molecule has 2 rings (SSSR count). The summed E-state index contributed by atoms with van der Waals surface area (Å²) in [6.07, 6.45) is -0.280. The van der Waals surface area contributed by atoms with Crippen molar-refractivity contribution in [1.29, 1.82) is 0 Å². The van der Waals surface area contributed by atoms with Crippen LogP contribution in [0.15, 0.2) is 36.5 Å². The number of alkyl halides is 3. The van der Waals surface area contributed by atoms with E-state index in [1.807, 2.05) is 0 Å². The second kappa shape index (κ2) is 9.20. The number of carboxylic acids is 1. The predicted octanol–water partition coefficient (Wildman–Crippen LogP) is 3.66. The lowest BCUT2D eigenvalue weighted by molar-refractivity contribution is -0.141. The van der Waals surface area contributed by atoms with Gasteiger partial charge >= 0.3 is 12.1 Å². The number of carbonyl (C=O) groups excluding carboxylic acids is 1. The topological polar surface area (TPSA) is 84.2 Å². The second-order valence-corrected chi connectivity index (χ2v) is 6.01. The maximum Gasteiger partial charge on any atom is 0.435 e. The molecule has 0 unspecified atom stereocenters. The molecule has 0 bridgehead atoms. The second-order valence-electron chi connectivity index (χ2n) is 6.01. The molecule has 0 saturated carbocycles. The van der Waals surface area contributed by atoms with Crippen molar-refractivity contribution in [2.45, 2.75) is 38.3 Å². The minimum atomic E-state index is -4.52. The highest BCUT2D eigenvalue weighted by Gasteiger charge is 2.33. The Bertz CT molecular complexity index is 787. The molecule has 1 amide bonds. The number of rotatable bonds is 9. The fourth-order valence-electron chi connectivity index (χ4n) is 2.47. The van der Waals surface area contributed by atoms with Crippen molar-refractivity contribution in [3.05, 3.63) is 47.8 Å². The van der Waals surface area contributed by atoms with E-state index in [0.29, 0.717) is 24.2 Å². The van der Waals surface area contributed by atoms with E-state index in [0.717, 1.165) is 30.0 Å². The van der Waals surface area contributed by atoms with Gasteiger partial charge in [-0.2, -0.15) is 18.3 Å². The number of nitrogens with one attached hydrogen (secondary N) is 1. The molecule has 146 valence electrons. The third kappa shape index (κ3) is 6.43. The maximum absolute atomic E-state index is 12.6. The molecule has 0 spiro atoms. The van der Waals surface area contributed by atoms with Gasteiger partial charge in [-0.15, -0.1) is 0 Å². The summed E-state index contributed by atoms with van der Waals surface area (Å²) in [5.74, 6) is -1.15. The molecule has 1 aromatic carbocycles. The smallest absolute Gasteiger partial charge is 0.435 e. The monoisotopic (exact) mass is 383 g/mol. The van der Waals surface area contributed by atoms with Gasteiger partial charge in [-0.25, -0.2) is 4.68 Å². The largest absolute Gasteiger partial charge is 0.481 e. The van der Waals surface area contributed by atoms with Gasteiger partial charge in [0.2, 0.25) is 0 Å². The number of halogens is 3. The van der Waals surface area contributed by atoms with E-state index < -0.39 is 17.8 Å². The normalized spacial score (nSPS) is 11.4. The number of carboxylic acid groups (broad SMARTS) is 1. The van der Waals surface area contributed by atoms with Crippen LogP contribution < -0.4 is 5.32 Å². The number of nitrogens with zero attached hydrogens (tertiary/aromatic N) is 2. The van der Waals surface area contributed by atoms with Crippen molar-refractivity contribution in [2.75, 3.05) is 6.54 Å². The first-order valence-corrected chi connectivity index (χ1v) is 8.50. The molecule has 0 aliphatic carbocycles. The van der Waals surface area contributed by atoms with Crippen LogP contribution in [0.25, 0.3) is 5.69 Å². The van der Waals surface area contributed by atoms with E-state index in [2.05, 4.69) is 10.4 Å². The lowest BCUT2D eigenvalue weighted by Gasteiger charge is -2.07. The van der Waals surface area contributed by atoms with Crippen LogP contribution in [-0.4, -0.2) is 33.3 Å². The molecular weight excluding hydrogens is 363 g/mol. The van der Waals surface area contributed by atoms with Gasteiger partial charge in [0.05, 0.1) is 5.69 Å². The summed E-state index contributed by atoms with van der Waals surface area (Å²) in [5.41, 5.74) is -0.325. The number of hydrogen-bond donors (Lipinski definition) is 2. The Morgan fingerprint density at radius 3 is 2.52 bits per heavy atom. The molecule has 2 aromatic rings. The minimum Gasteiger partial charge on any atom is -0.481 e. The number of hydrogen-bond acceptors (Lipinski definition) is 3. The van der Waals surface area contributed by atoms with Crippen molar-refractivity contribution < 1.29 is 27.9 Å².